The lowest BCUT2D eigenvalue weighted by Gasteiger charge is -2.28. The first-order valence-corrected chi connectivity index (χ1v) is 14.8. The van der Waals surface area contributed by atoms with Crippen molar-refractivity contribution in [3.63, 3.8) is 0 Å². The van der Waals surface area contributed by atoms with Gasteiger partial charge in [-0.05, 0) is 67.3 Å². The Balaban J connectivity index is 1.28. The third-order valence-electron chi connectivity index (χ3n) is 7.84. The van der Waals surface area contributed by atoms with E-state index in [2.05, 4.69) is 48.1 Å². The average Bonchev–Trinajstić information content (AvgIpc) is 2.90. The van der Waals surface area contributed by atoms with Crippen LogP contribution in [0.15, 0.2) is 36.7 Å². The summed E-state index contributed by atoms with van der Waals surface area (Å²) in [6.45, 7) is 5.37. The molecule has 1 saturated carbocycles. The maximum absolute atomic E-state index is 6.04. The summed E-state index contributed by atoms with van der Waals surface area (Å²) < 4.78 is 6.04. The number of hydrogen-bond donors (Lipinski definition) is 0. The molecule has 0 saturated heterocycles. The molecule has 0 aliphatic heterocycles. The standard InChI is InChI=1S/C32H50N2O/c1-3-5-7-9-11-13-27-16-18-28(19-17-27)15-12-24-35-31-22-20-30(21-23-31)32-33-25-29(26-34-32)14-10-8-6-4-2/h20-23,25-28H,3-19,24H2,1-2H3. The van der Waals surface area contributed by atoms with Crippen LogP contribution >= 0.6 is 0 Å². The molecule has 0 amide bonds. The quantitative estimate of drug-likeness (QED) is 0.212. The summed E-state index contributed by atoms with van der Waals surface area (Å²) in [5, 5.41) is 0. The van der Waals surface area contributed by atoms with Gasteiger partial charge in [0.05, 0.1) is 6.61 Å². The van der Waals surface area contributed by atoms with Gasteiger partial charge in [0.1, 0.15) is 5.75 Å². The molecule has 3 nitrogen and oxygen atoms in total. The van der Waals surface area contributed by atoms with E-state index in [0.717, 1.165) is 48.4 Å². The Hall–Kier alpha value is -1.90. The molecule has 3 rings (SSSR count). The van der Waals surface area contributed by atoms with Gasteiger partial charge in [0.25, 0.3) is 0 Å². The Morgan fingerprint density at radius 1 is 0.686 bits per heavy atom. The van der Waals surface area contributed by atoms with Gasteiger partial charge in [-0.3, -0.25) is 0 Å². The van der Waals surface area contributed by atoms with Gasteiger partial charge in [0, 0.05) is 18.0 Å². The molecule has 2 aromatic rings. The van der Waals surface area contributed by atoms with Crippen molar-refractivity contribution >= 4 is 0 Å². The van der Waals surface area contributed by atoms with Crippen LogP contribution in [0, 0.1) is 11.8 Å². The monoisotopic (exact) mass is 478 g/mol. The molecular formula is C32H50N2O. The summed E-state index contributed by atoms with van der Waals surface area (Å²) in [5.74, 6) is 3.68. The lowest BCUT2D eigenvalue weighted by Crippen LogP contribution is -2.15. The Labute approximate surface area is 215 Å². The van der Waals surface area contributed by atoms with E-state index in [0.29, 0.717) is 0 Å². The zero-order valence-electron chi connectivity index (χ0n) is 22.6. The number of ether oxygens (including phenoxy) is 1. The number of benzene rings is 1. The number of aromatic nitrogens is 2. The first kappa shape index (κ1) is 27.7. The molecule has 3 heteroatoms. The van der Waals surface area contributed by atoms with E-state index in [1.54, 1.807) is 0 Å². The maximum Gasteiger partial charge on any atom is 0.159 e. The lowest BCUT2D eigenvalue weighted by molar-refractivity contribution is 0.228. The smallest absolute Gasteiger partial charge is 0.159 e. The summed E-state index contributed by atoms with van der Waals surface area (Å²) in [6, 6.07) is 8.27. The highest BCUT2D eigenvalue weighted by Crippen LogP contribution is 2.34. The molecule has 1 aromatic carbocycles. The molecule has 1 aliphatic carbocycles. The number of unbranched alkanes of at least 4 members (excludes halogenated alkanes) is 7. The van der Waals surface area contributed by atoms with Gasteiger partial charge in [0.2, 0.25) is 0 Å². The first-order chi connectivity index (χ1) is 17.3. The van der Waals surface area contributed by atoms with Gasteiger partial charge in [-0.15, -0.1) is 0 Å². The van der Waals surface area contributed by atoms with Crippen molar-refractivity contribution in [3.8, 4) is 17.1 Å². The van der Waals surface area contributed by atoms with E-state index in [4.69, 9.17) is 4.74 Å². The fraction of sp³-hybridized carbons (Fsp3) is 0.688. The Morgan fingerprint density at radius 3 is 1.89 bits per heavy atom. The third-order valence-corrected chi connectivity index (χ3v) is 7.84. The normalized spacial score (nSPS) is 18.0. The van der Waals surface area contributed by atoms with E-state index in [9.17, 15) is 0 Å². The van der Waals surface area contributed by atoms with Gasteiger partial charge >= 0.3 is 0 Å². The van der Waals surface area contributed by atoms with Crippen molar-refractivity contribution in [1.82, 2.24) is 9.97 Å². The second kappa shape index (κ2) is 16.7. The number of nitrogens with zero attached hydrogens (tertiary/aromatic N) is 2. The van der Waals surface area contributed by atoms with Crippen LogP contribution in [0.3, 0.4) is 0 Å². The molecule has 1 heterocycles. The molecular weight excluding hydrogens is 428 g/mol. The highest BCUT2D eigenvalue weighted by molar-refractivity contribution is 5.55. The molecule has 0 radical (unpaired) electrons. The Morgan fingerprint density at radius 2 is 1.26 bits per heavy atom. The van der Waals surface area contributed by atoms with Crippen LogP contribution in [0.4, 0.5) is 0 Å². The molecule has 194 valence electrons. The highest BCUT2D eigenvalue weighted by Gasteiger charge is 2.20. The first-order valence-electron chi connectivity index (χ1n) is 14.8. The van der Waals surface area contributed by atoms with Crippen molar-refractivity contribution in [1.29, 1.82) is 0 Å². The topological polar surface area (TPSA) is 35.0 Å². The minimum atomic E-state index is 0.797. The predicted molar refractivity (Wildman–Crippen MR) is 149 cm³/mol. The zero-order chi connectivity index (χ0) is 24.6. The second-order valence-corrected chi connectivity index (χ2v) is 10.8. The summed E-state index contributed by atoms with van der Waals surface area (Å²) in [4.78, 5) is 9.17. The van der Waals surface area contributed by atoms with E-state index >= 15 is 0 Å². The van der Waals surface area contributed by atoms with E-state index in [1.807, 2.05) is 12.4 Å². The molecule has 0 unspecified atom stereocenters. The largest absolute Gasteiger partial charge is 0.494 e. The van der Waals surface area contributed by atoms with Gasteiger partial charge in [-0.1, -0.05) is 97.3 Å². The second-order valence-electron chi connectivity index (χ2n) is 10.8. The van der Waals surface area contributed by atoms with Gasteiger partial charge in [-0.25, -0.2) is 9.97 Å². The maximum atomic E-state index is 6.04. The average molecular weight is 479 g/mol. The minimum Gasteiger partial charge on any atom is -0.494 e. The van der Waals surface area contributed by atoms with Crippen LogP contribution in [0.1, 0.15) is 122 Å². The van der Waals surface area contributed by atoms with Crippen molar-refractivity contribution in [3.05, 3.63) is 42.2 Å². The lowest BCUT2D eigenvalue weighted by atomic mass is 9.78. The van der Waals surface area contributed by atoms with Crippen molar-refractivity contribution in [2.45, 2.75) is 123 Å². The van der Waals surface area contributed by atoms with Crippen LogP contribution in [0.2, 0.25) is 0 Å². The number of rotatable bonds is 17. The molecule has 1 aliphatic rings. The molecule has 0 spiro atoms. The SMILES string of the molecule is CCCCCCCC1CCC(CCCOc2ccc(-c3ncc(CCCCCC)cn3)cc2)CC1. The van der Waals surface area contributed by atoms with Crippen LogP contribution in [0.25, 0.3) is 11.4 Å². The number of aryl methyl sites for hydroxylation is 1. The fourth-order valence-corrected chi connectivity index (χ4v) is 5.50. The van der Waals surface area contributed by atoms with Gasteiger partial charge < -0.3 is 4.74 Å². The zero-order valence-corrected chi connectivity index (χ0v) is 22.6. The highest BCUT2D eigenvalue weighted by atomic mass is 16.5. The molecule has 0 bridgehead atoms. The Bertz CT molecular complexity index is 778. The third kappa shape index (κ3) is 10.7. The molecule has 0 atom stereocenters. The van der Waals surface area contributed by atoms with E-state index < -0.39 is 0 Å². The van der Waals surface area contributed by atoms with Crippen LogP contribution in [-0.4, -0.2) is 16.6 Å². The van der Waals surface area contributed by atoms with E-state index in [1.165, 1.54) is 102 Å². The van der Waals surface area contributed by atoms with Gasteiger partial charge in [-0.2, -0.15) is 0 Å². The van der Waals surface area contributed by atoms with Crippen molar-refractivity contribution in [2.75, 3.05) is 6.61 Å². The molecule has 1 aromatic heterocycles. The molecule has 35 heavy (non-hydrogen) atoms. The Kier molecular flexibility index (Phi) is 13.2. The minimum absolute atomic E-state index is 0.797. The van der Waals surface area contributed by atoms with Crippen LogP contribution < -0.4 is 4.74 Å². The summed E-state index contributed by atoms with van der Waals surface area (Å²) in [6.07, 6.45) is 27.0. The predicted octanol–water partition coefficient (Wildman–Crippen LogP) is 9.59. The van der Waals surface area contributed by atoms with Crippen molar-refractivity contribution in [2.24, 2.45) is 11.8 Å². The van der Waals surface area contributed by atoms with Gasteiger partial charge in [0.15, 0.2) is 5.82 Å². The van der Waals surface area contributed by atoms with Crippen LogP contribution in [0.5, 0.6) is 5.75 Å². The molecule has 1 fully saturated rings. The summed E-state index contributed by atoms with van der Waals surface area (Å²) in [5.41, 5.74) is 2.29. The summed E-state index contributed by atoms with van der Waals surface area (Å²) >= 11 is 0. The fourth-order valence-electron chi connectivity index (χ4n) is 5.50. The number of hydrogen-bond acceptors (Lipinski definition) is 3. The van der Waals surface area contributed by atoms with Crippen LogP contribution in [-0.2, 0) is 6.42 Å². The summed E-state index contributed by atoms with van der Waals surface area (Å²) in [7, 11) is 0. The van der Waals surface area contributed by atoms with E-state index in [-0.39, 0.29) is 0 Å². The molecule has 0 N–H and O–H groups in total. The van der Waals surface area contributed by atoms with Crippen molar-refractivity contribution < 1.29 is 4.74 Å².